The van der Waals surface area contributed by atoms with Gasteiger partial charge in [0.2, 0.25) is 0 Å². The van der Waals surface area contributed by atoms with E-state index in [1.54, 1.807) is 24.5 Å². The number of anilines is 1. The summed E-state index contributed by atoms with van der Waals surface area (Å²) in [6, 6.07) is 7.36. The SMILES string of the molecule is O=C(Nc1ccccc1SC(F)(F)F)c1csc(-c2ncccn2)n1. The molecule has 25 heavy (non-hydrogen) atoms. The Morgan fingerprint density at radius 2 is 1.84 bits per heavy atom. The Bertz CT molecular complexity index is 884. The number of hydrogen-bond donors (Lipinski definition) is 1. The molecule has 1 N–H and O–H groups in total. The number of halogens is 3. The van der Waals surface area contributed by atoms with Crippen molar-refractivity contribution in [1.29, 1.82) is 0 Å². The number of aromatic nitrogens is 3. The molecule has 0 aliphatic heterocycles. The van der Waals surface area contributed by atoms with E-state index in [-0.39, 0.29) is 28.0 Å². The molecule has 5 nitrogen and oxygen atoms in total. The largest absolute Gasteiger partial charge is 0.446 e. The molecule has 0 bridgehead atoms. The molecule has 3 aromatic rings. The van der Waals surface area contributed by atoms with Crippen molar-refractivity contribution in [3.63, 3.8) is 0 Å². The summed E-state index contributed by atoms with van der Waals surface area (Å²) in [6.45, 7) is 0. The van der Waals surface area contributed by atoms with E-state index in [2.05, 4.69) is 20.3 Å². The lowest BCUT2D eigenvalue weighted by Crippen LogP contribution is -2.13. The van der Waals surface area contributed by atoms with Crippen molar-refractivity contribution in [2.45, 2.75) is 10.4 Å². The summed E-state index contributed by atoms with van der Waals surface area (Å²) < 4.78 is 37.8. The van der Waals surface area contributed by atoms with Crippen molar-refractivity contribution in [3.05, 3.63) is 53.8 Å². The molecule has 0 radical (unpaired) electrons. The quantitative estimate of drug-likeness (QED) is 0.675. The van der Waals surface area contributed by atoms with Crippen molar-refractivity contribution in [2.24, 2.45) is 0 Å². The van der Waals surface area contributed by atoms with Crippen LogP contribution < -0.4 is 5.32 Å². The summed E-state index contributed by atoms with van der Waals surface area (Å²) in [6.07, 6.45) is 3.10. The Morgan fingerprint density at radius 3 is 2.56 bits per heavy atom. The third kappa shape index (κ3) is 4.54. The van der Waals surface area contributed by atoms with Crippen LogP contribution in [0.3, 0.4) is 0 Å². The standard InChI is InChI=1S/C15H9F3N4OS2/c16-15(17,18)25-11-5-2-1-4-9(11)21-13(23)10-8-24-14(22-10)12-19-6-3-7-20-12/h1-8H,(H,21,23). The minimum atomic E-state index is -4.45. The van der Waals surface area contributed by atoms with Gasteiger partial charge in [0.15, 0.2) is 10.8 Å². The van der Waals surface area contributed by atoms with Crippen LogP contribution in [0.25, 0.3) is 10.8 Å². The average Bonchev–Trinajstić information content (AvgIpc) is 3.06. The van der Waals surface area contributed by atoms with Gasteiger partial charge in [0.25, 0.3) is 5.91 Å². The van der Waals surface area contributed by atoms with E-state index in [0.29, 0.717) is 10.8 Å². The molecule has 0 saturated carbocycles. The molecule has 2 heterocycles. The van der Waals surface area contributed by atoms with Crippen molar-refractivity contribution >= 4 is 34.7 Å². The summed E-state index contributed by atoms with van der Waals surface area (Å²) in [7, 11) is 0. The highest BCUT2D eigenvalue weighted by atomic mass is 32.2. The van der Waals surface area contributed by atoms with E-state index in [1.165, 1.54) is 34.9 Å². The average molecular weight is 382 g/mol. The maximum absolute atomic E-state index is 12.6. The molecule has 0 aliphatic rings. The van der Waals surface area contributed by atoms with Gasteiger partial charge in [-0.1, -0.05) is 12.1 Å². The van der Waals surface area contributed by atoms with Gasteiger partial charge in [-0.2, -0.15) is 13.2 Å². The third-order valence-electron chi connectivity index (χ3n) is 2.85. The normalized spacial score (nSPS) is 11.3. The first-order valence-corrected chi connectivity index (χ1v) is 8.51. The highest BCUT2D eigenvalue weighted by Gasteiger charge is 2.30. The van der Waals surface area contributed by atoms with Crippen LogP contribution in [-0.2, 0) is 0 Å². The lowest BCUT2D eigenvalue weighted by Gasteiger charge is -2.11. The molecule has 2 aromatic heterocycles. The lowest BCUT2D eigenvalue weighted by atomic mass is 10.3. The molecule has 0 atom stereocenters. The molecule has 128 valence electrons. The number of thiazole rings is 1. The molecular weight excluding hydrogens is 373 g/mol. The predicted octanol–water partition coefficient (Wildman–Crippen LogP) is 4.46. The number of thioether (sulfide) groups is 1. The van der Waals surface area contributed by atoms with Crippen LogP contribution in [0.1, 0.15) is 10.5 Å². The van der Waals surface area contributed by atoms with Crippen molar-refractivity contribution < 1.29 is 18.0 Å². The summed E-state index contributed by atoms with van der Waals surface area (Å²) in [5.74, 6) is -0.228. The van der Waals surface area contributed by atoms with Crippen LogP contribution in [0.15, 0.2) is 53.0 Å². The van der Waals surface area contributed by atoms with Crippen LogP contribution in [0, 0.1) is 0 Å². The molecule has 1 amide bonds. The lowest BCUT2D eigenvalue weighted by molar-refractivity contribution is -0.0328. The number of hydrogen-bond acceptors (Lipinski definition) is 6. The highest BCUT2D eigenvalue weighted by molar-refractivity contribution is 8.00. The van der Waals surface area contributed by atoms with Gasteiger partial charge in [-0.05, 0) is 30.0 Å². The Kier molecular flexibility index (Phi) is 5.00. The molecule has 10 heteroatoms. The van der Waals surface area contributed by atoms with Crippen LogP contribution in [-0.4, -0.2) is 26.4 Å². The zero-order chi connectivity index (χ0) is 17.9. The summed E-state index contributed by atoms with van der Waals surface area (Å²) >= 11 is 0.888. The molecule has 3 rings (SSSR count). The fraction of sp³-hybridized carbons (Fsp3) is 0.0667. The van der Waals surface area contributed by atoms with Crippen LogP contribution in [0.5, 0.6) is 0 Å². The fourth-order valence-electron chi connectivity index (χ4n) is 1.86. The first-order chi connectivity index (χ1) is 11.9. The van der Waals surface area contributed by atoms with E-state index in [1.807, 2.05) is 0 Å². The maximum atomic E-state index is 12.6. The Balaban J connectivity index is 1.79. The summed E-state index contributed by atoms with van der Waals surface area (Å²) in [4.78, 5) is 24.4. The molecule has 0 fully saturated rings. The number of para-hydroxylation sites is 1. The second kappa shape index (κ2) is 7.19. The minimum absolute atomic E-state index is 0.0698. The van der Waals surface area contributed by atoms with Crippen LogP contribution in [0.4, 0.5) is 18.9 Å². The molecule has 0 spiro atoms. The number of benzene rings is 1. The predicted molar refractivity (Wildman–Crippen MR) is 89.4 cm³/mol. The number of rotatable bonds is 4. The second-order valence-corrected chi connectivity index (χ2v) is 6.57. The Labute approximate surface area is 148 Å². The number of nitrogens with one attached hydrogen (secondary N) is 1. The van der Waals surface area contributed by atoms with Gasteiger partial charge in [-0.15, -0.1) is 11.3 Å². The van der Waals surface area contributed by atoms with Crippen LogP contribution in [0.2, 0.25) is 0 Å². The third-order valence-corrected chi connectivity index (χ3v) is 4.50. The fourth-order valence-corrected chi connectivity index (χ4v) is 3.23. The number of carbonyl (C=O) groups is 1. The minimum Gasteiger partial charge on any atom is -0.320 e. The first kappa shape index (κ1) is 17.4. The molecule has 0 aliphatic carbocycles. The second-order valence-electron chi connectivity index (χ2n) is 4.61. The van der Waals surface area contributed by atoms with Gasteiger partial charge >= 0.3 is 5.51 Å². The van der Waals surface area contributed by atoms with Gasteiger partial charge in [-0.25, -0.2) is 15.0 Å². The maximum Gasteiger partial charge on any atom is 0.446 e. The molecule has 0 saturated heterocycles. The smallest absolute Gasteiger partial charge is 0.320 e. The zero-order valence-corrected chi connectivity index (χ0v) is 14.0. The Hall–Kier alpha value is -2.46. The van der Waals surface area contributed by atoms with Gasteiger partial charge in [0, 0.05) is 22.7 Å². The number of amides is 1. The molecular formula is C15H9F3N4OS2. The van der Waals surface area contributed by atoms with Crippen molar-refractivity contribution in [2.75, 3.05) is 5.32 Å². The zero-order valence-electron chi connectivity index (χ0n) is 12.3. The van der Waals surface area contributed by atoms with Gasteiger partial charge < -0.3 is 5.32 Å². The monoisotopic (exact) mass is 382 g/mol. The van der Waals surface area contributed by atoms with Gasteiger partial charge in [0.05, 0.1) is 5.69 Å². The van der Waals surface area contributed by atoms with E-state index < -0.39 is 11.4 Å². The highest BCUT2D eigenvalue weighted by Crippen LogP contribution is 2.40. The Morgan fingerprint density at radius 1 is 1.12 bits per heavy atom. The van der Waals surface area contributed by atoms with Crippen LogP contribution >= 0.6 is 23.1 Å². The van der Waals surface area contributed by atoms with Crippen molar-refractivity contribution in [1.82, 2.24) is 15.0 Å². The van der Waals surface area contributed by atoms with E-state index in [4.69, 9.17) is 0 Å². The van der Waals surface area contributed by atoms with Gasteiger partial charge in [-0.3, -0.25) is 4.79 Å². The molecule has 1 aromatic carbocycles. The van der Waals surface area contributed by atoms with Gasteiger partial charge in [0.1, 0.15) is 5.69 Å². The topological polar surface area (TPSA) is 67.8 Å². The van der Waals surface area contributed by atoms with E-state index in [9.17, 15) is 18.0 Å². The first-order valence-electron chi connectivity index (χ1n) is 6.81. The number of alkyl halides is 3. The number of carbonyl (C=O) groups excluding carboxylic acids is 1. The van der Waals surface area contributed by atoms with E-state index >= 15 is 0 Å². The van der Waals surface area contributed by atoms with Crippen molar-refractivity contribution in [3.8, 4) is 10.8 Å². The molecule has 0 unspecified atom stereocenters. The summed E-state index contributed by atoms with van der Waals surface area (Å²) in [5, 5.41) is 4.41. The number of nitrogens with zero attached hydrogens (tertiary/aromatic N) is 3. The van der Waals surface area contributed by atoms with E-state index in [0.717, 1.165) is 0 Å². The summed E-state index contributed by atoms with van der Waals surface area (Å²) in [5.41, 5.74) is -4.29.